The number of aliphatic imine (C=N–C) groups is 1. The molecule has 0 bridgehead atoms. The number of carbonyl (C=O) groups is 1. The van der Waals surface area contributed by atoms with Crippen molar-refractivity contribution in [1.29, 1.82) is 0 Å². The zero-order valence-corrected chi connectivity index (χ0v) is 20.0. The normalized spacial score (nSPS) is 12.8. The molecule has 0 saturated carbocycles. The number of rotatable bonds is 11. The summed E-state index contributed by atoms with van der Waals surface area (Å²) in [5.41, 5.74) is 7.46. The maximum absolute atomic E-state index is 14.5. The van der Waals surface area contributed by atoms with Crippen LogP contribution in [0, 0.1) is 5.82 Å². The molecule has 0 heterocycles. The van der Waals surface area contributed by atoms with Crippen molar-refractivity contribution in [2.24, 2.45) is 10.7 Å². The van der Waals surface area contributed by atoms with Gasteiger partial charge in [0, 0.05) is 16.1 Å². The van der Waals surface area contributed by atoms with E-state index in [1.54, 1.807) is 12.1 Å². The van der Waals surface area contributed by atoms with Crippen LogP contribution >= 0.6 is 11.6 Å². The lowest BCUT2D eigenvalue weighted by atomic mass is 9.98. The van der Waals surface area contributed by atoms with Gasteiger partial charge < -0.3 is 10.6 Å². The number of amides is 1. The molecule has 0 spiro atoms. The predicted molar refractivity (Wildman–Crippen MR) is 131 cm³/mol. The SMILES string of the molecule is CCN(CC)CCCC(C)N=C(N)NC(=O)c1cccc(F)c1CCc1ccccc1Cl. The molecule has 0 fully saturated rings. The van der Waals surface area contributed by atoms with E-state index in [-0.39, 0.29) is 17.6 Å². The van der Waals surface area contributed by atoms with E-state index in [1.165, 1.54) is 12.1 Å². The van der Waals surface area contributed by atoms with Crippen LogP contribution in [0.3, 0.4) is 0 Å². The van der Waals surface area contributed by atoms with Crippen LogP contribution in [0.15, 0.2) is 47.5 Å². The maximum Gasteiger partial charge on any atom is 0.258 e. The molecule has 0 aliphatic rings. The fourth-order valence-electron chi connectivity index (χ4n) is 3.65. The van der Waals surface area contributed by atoms with Gasteiger partial charge in [-0.2, -0.15) is 0 Å². The summed E-state index contributed by atoms with van der Waals surface area (Å²) >= 11 is 6.21. The summed E-state index contributed by atoms with van der Waals surface area (Å²) in [5.74, 6) is -0.841. The van der Waals surface area contributed by atoms with Gasteiger partial charge in [0.05, 0.1) is 6.04 Å². The smallest absolute Gasteiger partial charge is 0.258 e. The van der Waals surface area contributed by atoms with Gasteiger partial charge in [0.25, 0.3) is 5.91 Å². The van der Waals surface area contributed by atoms with Crippen LogP contribution in [0.2, 0.25) is 5.02 Å². The zero-order chi connectivity index (χ0) is 23.5. The highest BCUT2D eigenvalue weighted by Crippen LogP contribution is 2.20. The van der Waals surface area contributed by atoms with Gasteiger partial charge in [-0.15, -0.1) is 0 Å². The second kappa shape index (κ2) is 13.2. The molecule has 7 heteroatoms. The van der Waals surface area contributed by atoms with Crippen molar-refractivity contribution in [3.8, 4) is 0 Å². The molecular formula is C25H34ClFN4O. The molecule has 2 aromatic rings. The zero-order valence-electron chi connectivity index (χ0n) is 19.2. The lowest BCUT2D eigenvalue weighted by molar-refractivity contribution is 0.0975. The number of hydrogen-bond acceptors (Lipinski definition) is 3. The van der Waals surface area contributed by atoms with Crippen LogP contribution in [0.1, 0.15) is 55.1 Å². The Balaban J connectivity index is 2.00. The number of nitrogens with one attached hydrogen (secondary N) is 1. The van der Waals surface area contributed by atoms with Crippen LogP contribution in [0.25, 0.3) is 0 Å². The van der Waals surface area contributed by atoms with E-state index in [4.69, 9.17) is 17.3 Å². The van der Waals surface area contributed by atoms with Crippen LogP contribution < -0.4 is 11.1 Å². The highest BCUT2D eigenvalue weighted by Gasteiger charge is 2.17. The summed E-state index contributed by atoms with van der Waals surface area (Å²) < 4.78 is 14.5. The maximum atomic E-state index is 14.5. The second-order valence-electron chi connectivity index (χ2n) is 7.84. The predicted octanol–water partition coefficient (Wildman–Crippen LogP) is 4.82. The second-order valence-corrected chi connectivity index (χ2v) is 8.25. The topological polar surface area (TPSA) is 70.7 Å². The molecule has 2 rings (SSSR count). The molecule has 1 unspecified atom stereocenters. The van der Waals surface area contributed by atoms with Crippen molar-refractivity contribution in [2.75, 3.05) is 19.6 Å². The van der Waals surface area contributed by atoms with E-state index in [9.17, 15) is 9.18 Å². The minimum atomic E-state index is -0.463. The van der Waals surface area contributed by atoms with Gasteiger partial charge in [-0.1, -0.05) is 49.7 Å². The molecule has 1 amide bonds. The summed E-state index contributed by atoms with van der Waals surface area (Å²) in [4.78, 5) is 19.5. The Morgan fingerprint density at radius 1 is 1.16 bits per heavy atom. The Labute approximate surface area is 195 Å². The van der Waals surface area contributed by atoms with Crippen LogP contribution in [-0.2, 0) is 12.8 Å². The van der Waals surface area contributed by atoms with Crippen LogP contribution in [-0.4, -0.2) is 42.4 Å². The highest BCUT2D eigenvalue weighted by molar-refractivity contribution is 6.31. The number of nitrogens with two attached hydrogens (primary N) is 1. The molecule has 5 nitrogen and oxygen atoms in total. The lowest BCUT2D eigenvalue weighted by Gasteiger charge is -2.18. The minimum absolute atomic E-state index is 0.0157. The van der Waals surface area contributed by atoms with E-state index in [2.05, 4.69) is 29.1 Å². The van der Waals surface area contributed by atoms with Gasteiger partial charge in [-0.3, -0.25) is 15.1 Å². The van der Waals surface area contributed by atoms with Crippen molar-refractivity contribution >= 4 is 23.5 Å². The Bertz CT molecular complexity index is 915. The first-order chi connectivity index (χ1) is 15.3. The Morgan fingerprint density at radius 3 is 2.56 bits per heavy atom. The first-order valence-corrected chi connectivity index (χ1v) is 11.6. The average Bonchev–Trinajstić information content (AvgIpc) is 2.76. The summed E-state index contributed by atoms with van der Waals surface area (Å²) in [7, 11) is 0. The van der Waals surface area contributed by atoms with Crippen LogP contribution in [0.5, 0.6) is 0 Å². The van der Waals surface area contributed by atoms with Gasteiger partial charge in [0.1, 0.15) is 5.82 Å². The number of carbonyl (C=O) groups excluding carboxylic acids is 1. The average molecular weight is 461 g/mol. The number of nitrogens with zero attached hydrogens (tertiary/aromatic N) is 2. The monoisotopic (exact) mass is 460 g/mol. The fraction of sp³-hybridized carbons (Fsp3) is 0.440. The molecular weight excluding hydrogens is 427 g/mol. The molecule has 0 saturated heterocycles. The van der Waals surface area contributed by atoms with E-state index >= 15 is 0 Å². The van der Waals surface area contributed by atoms with Crippen molar-refractivity contribution in [3.05, 3.63) is 70.0 Å². The summed E-state index contributed by atoms with van der Waals surface area (Å²) in [6.45, 7) is 9.33. The molecule has 1 atom stereocenters. The Kier molecular flexibility index (Phi) is 10.6. The number of hydrogen-bond donors (Lipinski definition) is 2. The van der Waals surface area contributed by atoms with Crippen molar-refractivity contribution in [3.63, 3.8) is 0 Å². The first kappa shape index (κ1) is 25.8. The molecule has 32 heavy (non-hydrogen) atoms. The van der Waals surface area contributed by atoms with Crippen LogP contribution in [0.4, 0.5) is 4.39 Å². The number of aryl methyl sites for hydroxylation is 1. The van der Waals surface area contributed by atoms with E-state index in [0.717, 1.165) is 38.0 Å². The van der Waals surface area contributed by atoms with E-state index in [1.807, 2.05) is 25.1 Å². The lowest BCUT2D eigenvalue weighted by Crippen LogP contribution is -2.38. The Hall–Kier alpha value is -2.44. The molecule has 3 N–H and O–H groups in total. The van der Waals surface area contributed by atoms with Crippen molar-refractivity contribution in [2.45, 2.75) is 52.5 Å². The molecule has 0 aliphatic heterocycles. The van der Waals surface area contributed by atoms with Gasteiger partial charge in [0.2, 0.25) is 0 Å². The van der Waals surface area contributed by atoms with Crippen molar-refractivity contribution < 1.29 is 9.18 Å². The molecule has 0 aliphatic carbocycles. The first-order valence-electron chi connectivity index (χ1n) is 11.2. The standard InChI is InChI=1S/C25H34ClFN4O/c1-4-31(5-2)17-9-10-18(3)29-25(28)30-24(32)21-12-8-14-23(27)20(21)16-15-19-11-6-7-13-22(19)26/h6-8,11-14,18H,4-5,9-10,15-17H2,1-3H3,(H3,28,29,30,32). The van der Waals surface area contributed by atoms with Gasteiger partial charge in [-0.25, -0.2) is 4.39 Å². The summed E-state index contributed by atoms with van der Waals surface area (Å²) in [6.07, 6.45) is 2.74. The number of benzene rings is 2. The number of guanidine groups is 1. The Morgan fingerprint density at radius 2 is 1.88 bits per heavy atom. The minimum Gasteiger partial charge on any atom is -0.370 e. The molecule has 0 radical (unpaired) electrons. The van der Waals surface area contributed by atoms with Gasteiger partial charge >= 0.3 is 0 Å². The van der Waals surface area contributed by atoms with Gasteiger partial charge in [-0.05, 0) is 76.0 Å². The third-order valence-corrected chi connectivity index (χ3v) is 5.93. The largest absolute Gasteiger partial charge is 0.370 e. The fourth-order valence-corrected chi connectivity index (χ4v) is 3.88. The highest BCUT2D eigenvalue weighted by atomic mass is 35.5. The third-order valence-electron chi connectivity index (χ3n) is 5.56. The molecule has 174 valence electrons. The number of halogens is 2. The quantitative estimate of drug-likeness (QED) is 0.373. The molecule has 2 aromatic carbocycles. The van der Waals surface area contributed by atoms with E-state index in [0.29, 0.717) is 23.4 Å². The summed E-state index contributed by atoms with van der Waals surface area (Å²) in [5, 5.41) is 3.24. The van der Waals surface area contributed by atoms with E-state index < -0.39 is 11.7 Å². The summed E-state index contributed by atoms with van der Waals surface area (Å²) in [6, 6.07) is 11.9. The van der Waals surface area contributed by atoms with Gasteiger partial charge in [0.15, 0.2) is 5.96 Å². The van der Waals surface area contributed by atoms with Crippen molar-refractivity contribution in [1.82, 2.24) is 10.2 Å². The third kappa shape index (κ3) is 7.92. The molecule has 0 aromatic heterocycles.